The van der Waals surface area contributed by atoms with Crippen molar-refractivity contribution in [2.45, 2.75) is 12.1 Å². The van der Waals surface area contributed by atoms with Gasteiger partial charge in [-0.3, -0.25) is 4.79 Å². The molecule has 0 aliphatic rings. The molecule has 1 heterocycles. The fourth-order valence-electron chi connectivity index (χ4n) is 1.42. The number of hydrogen-bond acceptors (Lipinski definition) is 2. The number of rotatable bonds is 2. The van der Waals surface area contributed by atoms with Crippen LogP contribution in [0.3, 0.4) is 0 Å². The van der Waals surface area contributed by atoms with Gasteiger partial charge in [-0.1, -0.05) is 12.1 Å². The first-order chi connectivity index (χ1) is 8.64. The van der Waals surface area contributed by atoms with E-state index in [0.717, 1.165) is 6.07 Å². The molecule has 2 rings (SSSR count). The molecule has 0 N–H and O–H groups in total. The minimum atomic E-state index is -6.04. The molecule has 0 fully saturated rings. The zero-order valence-electron chi connectivity index (χ0n) is 8.89. The Hall–Kier alpha value is -1.99. The van der Waals surface area contributed by atoms with Crippen molar-refractivity contribution >= 4 is 16.8 Å². The van der Waals surface area contributed by atoms with E-state index < -0.39 is 35.0 Å². The first-order valence-corrected chi connectivity index (χ1v) is 4.82. The molecule has 1 aromatic heterocycles. The van der Waals surface area contributed by atoms with Crippen LogP contribution in [-0.2, 0) is 0 Å². The minimum Gasteiger partial charge on any atom is -0.450 e. The highest BCUT2D eigenvalue weighted by molar-refractivity contribution is 6.02. The van der Waals surface area contributed by atoms with Gasteiger partial charge in [-0.2, -0.15) is 22.0 Å². The van der Waals surface area contributed by atoms with Gasteiger partial charge in [0.25, 0.3) is 5.78 Å². The summed E-state index contributed by atoms with van der Waals surface area (Å²) in [7, 11) is 0. The molecule has 0 aliphatic carbocycles. The number of halogens is 6. The smallest absolute Gasteiger partial charge is 0.450 e. The molecule has 0 radical (unpaired) electrons. The molecule has 0 unspecified atom stereocenters. The van der Waals surface area contributed by atoms with Crippen LogP contribution in [0.2, 0.25) is 0 Å². The van der Waals surface area contributed by atoms with Crippen molar-refractivity contribution in [3.8, 4) is 0 Å². The molecular weight excluding hydrogens is 278 g/mol. The lowest BCUT2D eigenvalue weighted by atomic mass is 10.1. The van der Waals surface area contributed by atoms with Gasteiger partial charge in [-0.05, 0) is 12.1 Å². The molecule has 8 heteroatoms. The van der Waals surface area contributed by atoms with Crippen molar-refractivity contribution in [1.82, 2.24) is 0 Å². The summed E-state index contributed by atoms with van der Waals surface area (Å²) in [4.78, 5) is 11.1. The Morgan fingerprint density at radius 1 is 1.11 bits per heavy atom. The van der Waals surface area contributed by atoms with E-state index in [-0.39, 0.29) is 5.39 Å². The number of Topliss-reactive ketones (excluding diaryl/α,β-unsaturated/α-hetero) is 1. The van der Waals surface area contributed by atoms with Crippen LogP contribution in [0.15, 0.2) is 28.7 Å². The lowest BCUT2D eigenvalue weighted by Gasteiger charge is -2.16. The maximum Gasteiger partial charge on any atom is 0.461 e. The van der Waals surface area contributed by atoms with Crippen molar-refractivity contribution in [3.63, 3.8) is 0 Å². The number of furan rings is 1. The second kappa shape index (κ2) is 4.01. The monoisotopic (exact) mass is 282 g/mol. The number of carbonyl (C=O) groups is 1. The second-order valence-electron chi connectivity index (χ2n) is 3.67. The summed E-state index contributed by atoms with van der Waals surface area (Å²) in [5.41, 5.74) is -0.552. The van der Waals surface area contributed by atoms with E-state index in [9.17, 15) is 31.1 Å². The summed E-state index contributed by atoms with van der Waals surface area (Å²) in [5, 5.41) is -0.0821. The van der Waals surface area contributed by atoms with Crippen LogP contribution in [-0.4, -0.2) is 17.9 Å². The number of ketones is 1. The zero-order valence-corrected chi connectivity index (χ0v) is 8.89. The summed E-state index contributed by atoms with van der Waals surface area (Å²) < 4.78 is 79.3. The average molecular weight is 282 g/mol. The molecule has 1 aromatic carbocycles. The Morgan fingerprint density at radius 3 is 2.26 bits per heavy atom. The van der Waals surface area contributed by atoms with Gasteiger partial charge in [-0.25, -0.2) is 4.39 Å². The Labute approximate surface area is 101 Å². The molecule has 0 saturated carbocycles. The van der Waals surface area contributed by atoms with Crippen LogP contribution in [0, 0.1) is 5.82 Å². The fourth-order valence-corrected chi connectivity index (χ4v) is 1.42. The Balaban J connectivity index is 2.51. The highest BCUT2D eigenvalue weighted by atomic mass is 19.4. The van der Waals surface area contributed by atoms with E-state index in [0.29, 0.717) is 6.07 Å². The van der Waals surface area contributed by atoms with E-state index in [1.165, 1.54) is 12.1 Å². The molecular formula is C11H4F6O2. The van der Waals surface area contributed by atoms with E-state index in [1.54, 1.807) is 0 Å². The highest BCUT2D eigenvalue weighted by Crippen LogP contribution is 2.39. The Morgan fingerprint density at radius 2 is 1.74 bits per heavy atom. The molecule has 2 aromatic rings. The lowest BCUT2D eigenvalue weighted by Crippen LogP contribution is -2.43. The molecule has 0 bridgehead atoms. The number of benzene rings is 1. The van der Waals surface area contributed by atoms with Crippen molar-refractivity contribution in [2.75, 3.05) is 0 Å². The van der Waals surface area contributed by atoms with Gasteiger partial charge in [0.2, 0.25) is 0 Å². The summed E-state index contributed by atoms with van der Waals surface area (Å²) in [5.74, 6) is -10.4. The third-order valence-corrected chi connectivity index (χ3v) is 2.36. The second-order valence-corrected chi connectivity index (χ2v) is 3.67. The van der Waals surface area contributed by atoms with Gasteiger partial charge in [0.1, 0.15) is 0 Å². The van der Waals surface area contributed by atoms with E-state index in [4.69, 9.17) is 0 Å². The molecule has 0 amide bonds. The zero-order chi connectivity index (χ0) is 14.4. The lowest BCUT2D eigenvalue weighted by molar-refractivity contribution is -0.256. The molecule has 19 heavy (non-hydrogen) atoms. The first kappa shape index (κ1) is 13.4. The van der Waals surface area contributed by atoms with Crippen molar-refractivity contribution in [3.05, 3.63) is 35.8 Å². The fraction of sp³-hybridized carbons (Fsp3) is 0.182. The van der Waals surface area contributed by atoms with E-state index >= 15 is 0 Å². The van der Waals surface area contributed by atoms with Crippen LogP contribution < -0.4 is 0 Å². The van der Waals surface area contributed by atoms with Gasteiger partial charge in [0.15, 0.2) is 17.2 Å². The molecule has 0 atom stereocenters. The predicted molar refractivity (Wildman–Crippen MR) is 51.5 cm³/mol. The van der Waals surface area contributed by atoms with E-state index in [2.05, 4.69) is 4.42 Å². The Kier molecular flexibility index (Phi) is 2.83. The van der Waals surface area contributed by atoms with Gasteiger partial charge in [0, 0.05) is 5.39 Å². The SMILES string of the molecule is O=C(c1cc2cccc(F)c2o1)C(F)(F)C(F)(F)F. The van der Waals surface area contributed by atoms with Gasteiger partial charge >= 0.3 is 12.1 Å². The van der Waals surface area contributed by atoms with Crippen LogP contribution in [0.4, 0.5) is 26.3 Å². The molecule has 0 spiro atoms. The van der Waals surface area contributed by atoms with Gasteiger partial charge in [0.05, 0.1) is 0 Å². The largest absolute Gasteiger partial charge is 0.461 e. The maximum absolute atomic E-state index is 13.2. The summed E-state index contributed by atoms with van der Waals surface area (Å²) in [6.45, 7) is 0. The average Bonchev–Trinajstić information content (AvgIpc) is 2.71. The number of fused-ring (bicyclic) bond motifs is 1. The van der Waals surface area contributed by atoms with Crippen LogP contribution in [0.25, 0.3) is 11.0 Å². The first-order valence-electron chi connectivity index (χ1n) is 4.82. The van der Waals surface area contributed by atoms with Crippen molar-refractivity contribution < 1.29 is 35.6 Å². The maximum atomic E-state index is 13.2. The number of hydrogen-bond donors (Lipinski definition) is 0. The summed E-state index contributed by atoms with van der Waals surface area (Å²) in [6.07, 6.45) is -6.04. The van der Waals surface area contributed by atoms with Crippen LogP contribution in [0.1, 0.15) is 10.6 Å². The van der Waals surface area contributed by atoms with Gasteiger partial charge < -0.3 is 4.42 Å². The third kappa shape index (κ3) is 2.06. The molecule has 0 aliphatic heterocycles. The van der Waals surface area contributed by atoms with Crippen LogP contribution in [0.5, 0.6) is 0 Å². The topological polar surface area (TPSA) is 30.2 Å². The Bertz CT molecular complexity index is 640. The molecule has 0 saturated heterocycles. The summed E-state index contributed by atoms with van der Waals surface area (Å²) >= 11 is 0. The normalized spacial score (nSPS) is 12.9. The summed E-state index contributed by atoms with van der Waals surface area (Å²) in [6, 6.07) is 3.97. The minimum absolute atomic E-state index is 0.0821. The quantitative estimate of drug-likeness (QED) is 0.616. The molecule has 2 nitrogen and oxygen atoms in total. The third-order valence-electron chi connectivity index (χ3n) is 2.36. The number of carbonyl (C=O) groups excluding carboxylic acids is 1. The van der Waals surface area contributed by atoms with Crippen molar-refractivity contribution in [1.29, 1.82) is 0 Å². The standard InChI is InChI=1S/C11H4F6O2/c12-6-3-1-2-5-4-7(19-8(5)6)9(18)10(13,14)11(15,16)17/h1-4H. The van der Waals surface area contributed by atoms with E-state index in [1.807, 2.05) is 0 Å². The van der Waals surface area contributed by atoms with Crippen LogP contribution >= 0.6 is 0 Å². The van der Waals surface area contributed by atoms with Gasteiger partial charge in [-0.15, -0.1) is 0 Å². The highest BCUT2D eigenvalue weighted by Gasteiger charge is 2.64. The number of alkyl halides is 5. The molecule has 102 valence electrons. The predicted octanol–water partition coefficient (Wildman–Crippen LogP) is 3.95. The number of para-hydroxylation sites is 1. The van der Waals surface area contributed by atoms with Crippen molar-refractivity contribution in [2.24, 2.45) is 0 Å².